The molecule has 1 heterocycles. The zero-order chi connectivity index (χ0) is 14.3. The van der Waals surface area contributed by atoms with Gasteiger partial charge in [0.15, 0.2) is 0 Å². The van der Waals surface area contributed by atoms with Crippen molar-refractivity contribution in [2.45, 2.75) is 65.5 Å². The van der Waals surface area contributed by atoms with Gasteiger partial charge in [-0.1, -0.05) is 20.3 Å². The van der Waals surface area contributed by atoms with Crippen molar-refractivity contribution in [3.63, 3.8) is 0 Å². The van der Waals surface area contributed by atoms with Gasteiger partial charge in [-0.05, 0) is 40.2 Å². The van der Waals surface area contributed by atoms with E-state index in [9.17, 15) is 0 Å². The van der Waals surface area contributed by atoms with Gasteiger partial charge < -0.3 is 5.32 Å². The average molecular weight is 269 g/mol. The van der Waals surface area contributed by atoms with E-state index in [4.69, 9.17) is 0 Å². The van der Waals surface area contributed by atoms with Gasteiger partial charge in [0.1, 0.15) is 0 Å². The Morgan fingerprint density at radius 3 is 2.11 bits per heavy atom. The van der Waals surface area contributed by atoms with Gasteiger partial charge in [0.2, 0.25) is 0 Å². The standard InChI is InChI=1S/C16H35N3/c1-6-8-15(17-9-7-2)14-18-10-12-19(13-11-18)16(3,4)5/h15,17H,6-14H2,1-5H3. The molecule has 0 saturated carbocycles. The first-order chi connectivity index (χ1) is 8.97. The predicted octanol–water partition coefficient (Wildman–Crippen LogP) is 2.57. The van der Waals surface area contributed by atoms with Crippen molar-refractivity contribution in [3.05, 3.63) is 0 Å². The van der Waals surface area contributed by atoms with Crippen LogP contribution in [0.15, 0.2) is 0 Å². The third kappa shape index (κ3) is 6.24. The smallest absolute Gasteiger partial charge is 0.0194 e. The second kappa shape index (κ2) is 8.23. The lowest BCUT2D eigenvalue weighted by Crippen LogP contribution is -2.55. The van der Waals surface area contributed by atoms with Gasteiger partial charge in [-0.2, -0.15) is 0 Å². The molecule has 0 aromatic heterocycles. The van der Waals surface area contributed by atoms with Crippen LogP contribution >= 0.6 is 0 Å². The number of nitrogens with zero attached hydrogens (tertiary/aromatic N) is 2. The monoisotopic (exact) mass is 269 g/mol. The lowest BCUT2D eigenvalue weighted by Gasteiger charge is -2.43. The Morgan fingerprint density at radius 1 is 1.00 bits per heavy atom. The van der Waals surface area contributed by atoms with Gasteiger partial charge in [0.25, 0.3) is 0 Å². The van der Waals surface area contributed by atoms with Crippen molar-refractivity contribution in [3.8, 4) is 0 Å². The molecular formula is C16H35N3. The summed E-state index contributed by atoms with van der Waals surface area (Å²) in [5, 5.41) is 3.70. The molecule has 1 atom stereocenters. The fraction of sp³-hybridized carbons (Fsp3) is 1.00. The normalized spacial score (nSPS) is 20.7. The maximum Gasteiger partial charge on any atom is 0.0194 e. The van der Waals surface area contributed by atoms with E-state index in [0.29, 0.717) is 11.6 Å². The van der Waals surface area contributed by atoms with Crippen LogP contribution in [0.1, 0.15) is 53.9 Å². The zero-order valence-corrected chi connectivity index (χ0v) is 13.8. The molecule has 0 amide bonds. The van der Waals surface area contributed by atoms with Crippen molar-refractivity contribution < 1.29 is 0 Å². The van der Waals surface area contributed by atoms with Gasteiger partial charge in [-0.3, -0.25) is 9.80 Å². The van der Waals surface area contributed by atoms with E-state index in [-0.39, 0.29) is 0 Å². The SMILES string of the molecule is CCCNC(CCC)CN1CCN(C(C)(C)C)CC1. The highest BCUT2D eigenvalue weighted by Crippen LogP contribution is 2.16. The molecule has 1 unspecified atom stereocenters. The first-order valence-electron chi connectivity index (χ1n) is 8.18. The summed E-state index contributed by atoms with van der Waals surface area (Å²) < 4.78 is 0. The summed E-state index contributed by atoms with van der Waals surface area (Å²) in [7, 11) is 0. The zero-order valence-electron chi connectivity index (χ0n) is 13.8. The average Bonchev–Trinajstić information content (AvgIpc) is 2.36. The summed E-state index contributed by atoms with van der Waals surface area (Å²) in [6.45, 7) is 18.8. The third-order valence-corrected chi connectivity index (χ3v) is 4.12. The number of hydrogen-bond acceptors (Lipinski definition) is 3. The van der Waals surface area contributed by atoms with E-state index in [1.54, 1.807) is 0 Å². The molecule has 0 radical (unpaired) electrons. The van der Waals surface area contributed by atoms with E-state index in [1.807, 2.05) is 0 Å². The second-order valence-corrected chi connectivity index (χ2v) is 6.90. The van der Waals surface area contributed by atoms with Crippen LogP contribution in [0.5, 0.6) is 0 Å². The van der Waals surface area contributed by atoms with Crippen molar-refractivity contribution in [2.24, 2.45) is 0 Å². The van der Waals surface area contributed by atoms with Crippen molar-refractivity contribution in [2.75, 3.05) is 39.3 Å². The molecule has 0 aromatic carbocycles. The van der Waals surface area contributed by atoms with Crippen LogP contribution in [0.25, 0.3) is 0 Å². The van der Waals surface area contributed by atoms with E-state index in [0.717, 1.165) is 6.54 Å². The van der Waals surface area contributed by atoms with Crippen LogP contribution in [0.4, 0.5) is 0 Å². The van der Waals surface area contributed by atoms with E-state index < -0.39 is 0 Å². The first-order valence-corrected chi connectivity index (χ1v) is 8.18. The van der Waals surface area contributed by atoms with Crippen LogP contribution in [-0.4, -0.2) is 60.6 Å². The van der Waals surface area contributed by atoms with Crippen LogP contribution in [-0.2, 0) is 0 Å². The molecule has 0 bridgehead atoms. The number of piperazine rings is 1. The molecule has 3 nitrogen and oxygen atoms in total. The molecule has 1 aliphatic rings. The number of nitrogens with one attached hydrogen (secondary N) is 1. The molecule has 1 aliphatic heterocycles. The Bertz CT molecular complexity index is 227. The van der Waals surface area contributed by atoms with Gasteiger partial charge >= 0.3 is 0 Å². The molecule has 114 valence electrons. The van der Waals surface area contributed by atoms with E-state index >= 15 is 0 Å². The lowest BCUT2D eigenvalue weighted by atomic mass is 10.0. The van der Waals surface area contributed by atoms with E-state index in [2.05, 4.69) is 49.7 Å². The molecular weight excluding hydrogens is 234 g/mol. The van der Waals surface area contributed by atoms with Crippen LogP contribution in [0.2, 0.25) is 0 Å². The Morgan fingerprint density at radius 2 is 1.63 bits per heavy atom. The largest absolute Gasteiger partial charge is 0.313 e. The number of hydrogen-bond donors (Lipinski definition) is 1. The summed E-state index contributed by atoms with van der Waals surface area (Å²) in [6, 6.07) is 0.686. The number of rotatable bonds is 7. The summed E-state index contributed by atoms with van der Waals surface area (Å²) in [4.78, 5) is 5.25. The molecule has 0 aromatic rings. The van der Waals surface area contributed by atoms with Gasteiger partial charge in [-0.25, -0.2) is 0 Å². The van der Waals surface area contributed by atoms with Crippen LogP contribution in [0.3, 0.4) is 0 Å². The highest BCUT2D eigenvalue weighted by Gasteiger charge is 2.26. The molecule has 0 spiro atoms. The highest BCUT2D eigenvalue weighted by atomic mass is 15.3. The summed E-state index contributed by atoms with van der Waals surface area (Å²) >= 11 is 0. The second-order valence-electron chi connectivity index (χ2n) is 6.90. The Hall–Kier alpha value is -0.120. The van der Waals surface area contributed by atoms with Crippen molar-refractivity contribution in [1.82, 2.24) is 15.1 Å². The fourth-order valence-corrected chi connectivity index (χ4v) is 2.87. The van der Waals surface area contributed by atoms with Gasteiger partial charge in [0.05, 0.1) is 0 Å². The fourth-order valence-electron chi connectivity index (χ4n) is 2.87. The van der Waals surface area contributed by atoms with Gasteiger partial charge in [-0.15, -0.1) is 0 Å². The van der Waals surface area contributed by atoms with Crippen molar-refractivity contribution >= 4 is 0 Å². The molecule has 0 aliphatic carbocycles. The maximum atomic E-state index is 3.70. The molecule has 1 rings (SSSR count). The molecule has 1 saturated heterocycles. The van der Waals surface area contributed by atoms with Gasteiger partial charge in [0, 0.05) is 44.3 Å². The minimum atomic E-state index is 0.329. The Labute approximate surface area is 120 Å². The highest BCUT2D eigenvalue weighted by molar-refractivity contribution is 4.83. The van der Waals surface area contributed by atoms with Crippen molar-refractivity contribution in [1.29, 1.82) is 0 Å². The lowest BCUT2D eigenvalue weighted by molar-refractivity contribution is 0.0575. The third-order valence-electron chi connectivity index (χ3n) is 4.12. The van der Waals surface area contributed by atoms with E-state index in [1.165, 1.54) is 52.0 Å². The molecule has 19 heavy (non-hydrogen) atoms. The topological polar surface area (TPSA) is 18.5 Å². The summed E-state index contributed by atoms with van der Waals surface area (Å²) in [5.74, 6) is 0. The summed E-state index contributed by atoms with van der Waals surface area (Å²) in [5.41, 5.74) is 0.329. The molecule has 1 N–H and O–H groups in total. The summed E-state index contributed by atoms with van der Waals surface area (Å²) in [6.07, 6.45) is 3.82. The Balaban J connectivity index is 2.33. The Kier molecular flexibility index (Phi) is 7.33. The van der Waals surface area contributed by atoms with Crippen LogP contribution < -0.4 is 5.32 Å². The predicted molar refractivity (Wildman–Crippen MR) is 84.8 cm³/mol. The quantitative estimate of drug-likeness (QED) is 0.766. The minimum Gasteiger partial charge on any atom is -0.313 e. The van der Waals surface area contributed by atoms with Crippen LogP contribution in [0, 0.1) is 0 Å². The molecule has 1 fully saturated rings. The molecule has 3 heteroatoms. The maximum absolute atomic E-state index is 3.70. The first kappa shape index (κ1) is 16.9. The minimum absolute atomic E-state index is 0.329.